The van der Waals surface area contributed by atoms with Crippen molar-refractivity contribution in [1.82, 2.24) is 9.80 Å². The molecular formula is C21H23N3O5S. The molecule has 158 valence electrons. The summed E-state index contributed by atoms with van der Waals surface area (Å²) >= 11 is 0. The number of para-hydroxylation sites is 1. The molecule has 1 saturated heterocycles. The lowest BCUT2D eigenvalue weighted by Gasteiger charge is -2.30. The summed E-state index contributed by atoms with van der Waals surface area (Å²) in [4.78, 5) is 27.6. The van der Waals surface area contributed by atoms with Gasteiger partial charge >= 0.3 is 0 Å². The predicted molar refractivity (Wildman–Crippen MR) is 111 cm³/mol. The van der Waals surface area contributed by atoms with E-state index in [4.69, 9.17) is 4.74 Å². The zero-order valence-corrected chi connectivity index (χ0v) is 17.5. The minimum Gasteiger partial charge on any atom is -0.379 e. The number of anilines is 1. The summed E-state index contributed by atoms with van der Waals surface area (Å²) in [6.07, 6.45) is 0. The van der Waals surface area contributed by atoms with Crippen LogP contribution in [0.5, 0.6) is 0 Å². The van der Waals surface area contributed by atoms with Crippen LogP contribution in [0.25, 0.3) is 0 Å². The van der Waals surface area contributed by atoms with Crippen LogP contribution in [-0.2, 0) is 14.8 Å². The minimum atomic E-state index is -3.94. The van der Waals surface area contributed by atoms with E-state index in [1.165, 1.54) is 29.6 Å². The fourth-order valence-electron chi connectivity index (χ4n) is 3.67. The smallest absolute Gasteiger partial charge is 0.264 e. The van der Waals surface area contributed by atoms with E-state index in [0.29, 0.717) is 25.4 Å². The molecule has 2 aliphatic heterocycles. The van der Waals surface area contributed by atoms with Gasteiger partial charge in [-0.1, -0.05) is 18.2 Å². The van der Waals surface area contributed by atoms with Crippen molar-refractivity contribution in [2.45, 2.75) is 4.90 Å². The zero-order valence-electron chi connectivity index (χ0n) is 16.7. The van der Waals surface area contributed by atoms with Crippen LogP contribution in [0.3, 0.4) is 0 Å². The molecule has 2 heterocycles. The molecule has 8 nitrogen and oxygen atoms in total. The van der Waals surface area contributed by atoms with Gasteiger partial charge in [-0.15, -0.1) is 0 Å². The molecule has 0 aliphatic carbocycles. The second-order valence-corrected chi connectivity index (χ2v) is 9.11. The van der Waals surface area contributed by atoms with Gasteiger partial charge in [0.2, 0.25) is 0 Å². The predicted octanol–water partition coefficient (Wildman–Crippen LogP) is 1.44. The number of amides is 2. The highest BCUT2D eigenvalue weighted by Gasteiger charge is 2.35. The van der Waals surface area contributed by atoms with E-state index < -0.39 is 21.8 Å². The van der Waals surface area contributed by atoms with Gasteiger partial charge in [0.15, 0.2) is 0 Å². The highest BCUT2D eigenvalue weighted by molar-refractivity contribution is 7.92. The van der Waals surface area contributed by atoms with E-state index in [9.17, 15) is 18.0 Å². The molecule has 4 rings (SSSR count). The zero-order chi connectivity index (χ0) is 21.3. The largest absolute Gasteiger partial charge is 0.379 e. The van der Waals surface area contributed by atoms with Gasteiger partial charge < -0.3 is 4.74 Å². The van der Waals surface area contributed by atoms with E-state index in [1.807, 2.05) is 6.07 Å². The van der Waals surface area contributed by atoms with E-state index in [0.717, 1.165) is 18.0 Å². The van der Waals surface area contributed by atoms with Gasteiger partial charge in [0.1, 0.15) is 0 Å². The van der Waals surface area contributed by atoms with Crippen LogP contribution in [0.1, 0.15) is 20.7 Å². The summed E-state index contributed by atoms with van der Waals surface area (Å²) in [5.41, 5.74) is 0.886. The van der Waals surface area contributed by atoms with Crippen molar-refractivity contribution >= 4 is 27.5 Å². The maximum atomic E-state index is 13.5. The maximum Gasteiger partial charge on any atom is 0.264 e. The van der Waals surface area contributed by atoms with E-state index >= 15 is 0 Å². The molecule has 9 heteroatoms. The number of imide groups is 1. The van der Waals surface area contributed by atoms with Gasteiger partial charge in [0, 0.05) is 33.2 Å². The first-order valence-corrected chi connectivity index (χ1v) is 11.2. The van der Waals surface area contributed by atoms with Crippen molar-refractivity contribution in [2.24, 2.45) is 0 Å². The number of carbonyl (C=O) groups is 2. The van der Waals surface area contributed by atoms with Crippen molar-refractivity contribution in [1.29, 1.82) is 0 Å². The first-order chi connectivity index (χ1) is 14.4. The van der Waals surface area contributed by atoms with Crippen LogP contribution in [0, 0.1) is 0 Å². The number of sulfonamides is 1. The van der Waals surface area contributed by atoms with Gasteiger partial charge in [-0.25, -0.2) is 8.42 Å². The van der Waals surface area contributed by atoms with Crippen LogP contribution in [0.2, 0.25) is 0 Å². The fraction of sp³-hybridized carbons (Fsp3) is 0.333. The molecule has 1 fully saturated rings. The molecule has 2 amide bonds. The molecule has 0 radical (unpaired) electrons. The first-order valence-electron chi connectivity index (χ1n) is 9.74. The van der Waals surface area contributed by atoms with Gasteiger partial charge in [-0.2, -0.15) is 0 Å². The molecular weight excluding hydrogens is 406 g/mol. The summed E-state index contributed by atoms with van der Waals surface area (Å²) in [6.45, 7) is 3.59. The molecule has 0 atom stereocenters. The van der Waals surface area contributed by atoms with Crippen LogP contribution in [0.4, 0.5) is 5.69 Å². The summed E-state index contributed by atoms with van der Waals surface area (Å²) < 4.78 is 33.8. The molecule has 2 aromatic rings. The lowest BCUT2D eigenvalue weighted by atomic mass is 10.1. The Hall–Kier alpha value is -2.75. The Labute approximate surface area is 175 Å². The normalized spacial score (nSPS) is 17.3. The number of benzene rings is 2. The standard InChI is InChI=1S/C21H23N3O5S/c1-22-20(25)18-8-7-17(15-19(18)21(22)26)30(27,28)24(16-5-3-2-4-6-16)10-9-23-11-13-29-14-12-23/h2-8,15H,9-14H2,1H3. The lowest BCUT2D eigenvalue weighted by molar-refractivity contribution is 0.0395. The Morgan fingerprint density at radius 1 is 0.967 bits per heavy atom. The third-order valence-corrected chi connectivity index (χ3v) is 7.24. The fourth-order valence-corrected chi connectivity index (χ4v) is 5.15. The summed E-state index contributed by atoms with van der Waals surface area (Å²) in [5, 5.41) is 0. The van der Waals surface area contributed by atoms with E-state index in [1.54, 1.807) is 24.3 Å². The van der Waals surface area contributed by atoms with Crippen molar-refractivity contribution in [3.05, 3.63) is 59.7 Å². The Kier molecular flexibility index (Phi) is 5.59. The van der Waals surface area contributed by atoms with Gasteiger partial charge in [0.05, 0.1) is 34.9 Å². The van der Waals surface area contributed by atoms with Crippen molar-refractivity contribution in [3.8, 4) is 0 Å². The Morgan fingerprint density at radius 3 is 2.33 bits per heavy atom. The molecule has 0 spiro atoms. The van der Waals surface area contributed by atoms with Gasteiger partial charge in [0.25, 0.3) is 21.8 Å². The number of nitrogens with zero attached hydrogens (tertiary/aromatic N) is 3. The average Bonchev–Trinajstić information content (AvgIpc) is 2.99. The lowest BCUT2D eigenvalue weighted by Crippen LogP contribution is -2.43. The highest BCUT2D eigenvalue weighted by Crippen LogP contribution is 2.28. The second kappa shape index (κ2) is 8.17. The van der Waals surface area contributed by atoms with Crippen LogP contribution >= 0.6 is 0 Å². The summed E-state index contributed by atoms with van der Waals surface area (Å²) in [7, 11) is -2.56. The van der Waals surface area contributed by atoms with Gasteiger partial charge in [-0.3, -0.25) is 23.7 Å². The SMILES string of the molecule is CN1C(=O)c2ccc(S(=O)(=O)N(CCN3CCOCC3)c3ccccc3)cc2C1=O. The molecule has 0 aromatic heterocycles. The molecule has 2 aliphatic rings. The number of hydrogen-bond donors (Lipinski definition) is 0. The van der Waals surface area contributed by atoms with Crippen LogP contribution in [-0.4, -0.2) is 76.5 Å². The number of hydrogen-bond acceptors (Lipinski definition) is 6. The average molecular weight is 429 g/mol. The molecule has 0 unspecified atom stereocenters. The minimum absolute atomic E-state index is 0.0106. The molecule has 0 saturated carbocycles. The van der Waals surface area contributed by atoms with Crippen molar-refractivity contribution < 1.29 is 22.7 Å². The molecule has 2 aromatic carbocycles. The maximum absolute atomic E-state index is 13.5. The number of rotatable bonds is 6. The molecule has 30 heavy (non-hydrogen) atoms. The van der Waals surface area contributed by atoms with E-state index in [2.05, 4.69) is 4.90 Å². The number of ether oxygens (including phenoxy) is 1. The molecule has 0 N–H and O–H groups in total. The highest BCUT2D eigenvalue weighted by atomic mass is 32.2. The van der Waals surface area contributed by atoms with Crippen molar-refractivity contribution in [3.63, 3.8) is 0 Å². The van der Waals surface area contributed by atoms with Crippen LogP contribution < -0.4 is 4.31 Å². The topological polar surface area (TPSA) is 87.2 Å². The van der Waals surface area contributed by atoms with Crippen LogP contribution in [0.15, 0.2) is 53.4 Å². The quantitative estimate of drug-likeness (QED) is 0.646. The van der Waals surface area contributed by atoms with Crippen molar-refractivity contribution in [2.75, 3.05) is 50.7 Å². The number of morpholine rings is 1. The third kappa shape index (κ3) is 3.71. The first kappa shape index (κ1) is 20.5. The Morgan fingerprint density at radius 2 is 1.63 bits per heavy atom. The molecule has 0 bridgehead atoms. The van der Waals surface area contributed by atoms with Gasteiger partial charge in [-0.05, 0) is 30.3 Å². The van der Waals surface area contributed by atoms with E-state index in [-0.39, 0.29) is 22.6 Å². The Balaban J connectivity index is 1.67. The number of carbonyl (C=O) groups excluding carboxylic acids is 2. The number of fused-ring (bicyclic) bond motifs is 1. The monoisotopic (exact) mass is 429 g/mol. The summed E-state index contributed by atoms with van der Waals surface area (Å²) in [6, 6.07) is 13.0. The Bertz CT molecular complexity index is 1070. The second-order valence-electron chi connectivity index (χ2n) is 7.24. The third-order valence-electron chi connectivity index (χ3n) is 5.42. The summed E-state index contributed by atoms with van der Waals surface area (Å²) in [5.74, 6) is -0.919.